The van der Waals surface area contributed by atoms with Gasteiger partial charge in [0.25, 0.3) is 0 Å². The van der Waals surface area contributed by atoms with Gasteiger partial charge in [-0.25, -0.2) is 14.2 Å². The van der Waals surface area contributed by atoms with Gasteiger partial charge >= 0.3 is 6.09 Å². The summed E-state index contributed by atoms with van der Waals surface area (Å²) in [5.74, 6) is 0.719. The molecule has 2 saturated heterocycles. The van der Waals surface area contributed by atoms with Crippen molar-refractivity contribution in [3.05, 3.63) is 47.9 Å². The molecule has 2 aromatic rings. The van der Waals surface area contributed by atoms with Crippen LogP contribution < -0.4 is 20.4 Å². The quantitative estimate of drug-likeness (QED) is 0.693. The fourth-order valence-electron chi connectivity index (χ4n) is 4.72. The lowest BCUT2D eigenvalue weighted by atomic mass is 10.2. The number of halogens is 1. The zero-order valence-electron chi connectivity index (χ0n) is 18.0. The van der Waals surface area contributed by atoms with Crippen molar-refractivity contribution in [1.82, 2.24) is 10.3 Å². The molecule has 3 heterocycles. The first kappa shape index (κ1) is 21.0. The number of aromatic nitrogens is 1. The van der Waals surface area contributed by atoms with Crippen LogP contribution in [0.4, 0.5) is 26.4 Å². The number of piperidine rings is 1. The normalized spacial score (nSPS) is 25.3. The first-order valence-corrected chi connectivity index (χ1v) is 10.8. The Morgan fingerprint density at radius 1 is 1.30 bits per heavy atom. The molecule has 2 N–H and O–H groups in total. The highest BCUT2D eigenvalue weighted by molar-refractivity contribution is 5.90. The van der Waals surface area contributed by atoms with Crippen LogP contribution in [0.1, 0.15) is 12.5 Å². The number of carbonyl (C=O) groups is 2. The molecule has 170 valence electrons. The minimum atomic E-state index is -0.555. The van der Waals surface area contributed by atoms with Gasteiger partial charge in [-0.1, -0.05) is 0 Å². The third-order valence-electron chi connectivity index (χ3n) is 6.46. The second kappa shape index (κ2) is 8.24. The zero-order chi connectivity index (χ0) is 23.1. The Morgan fingerprint density at radius 3 is 2.79 bits per heavy atom. The van der Waals surface area contributed by atoms with E-state index in [2.05, 4.69) is 21.7 Å². The van der Waals surface area contributed by atoms with Crippen LogP contribution in [0.2, 0.25) is 0 Å². The van der Waals surface area contributed by atoms with Crippen molar-refractivity contribution in [3.8, 4) is 6.07 Å². The molecular formula is C23H23FN6O3. The van der Waals surface area contributed by atoms with Gasteiger partial charge in [0.05, 0.1) is 30.0 Å². The molecule has 0 radical (unpaired) electrons. The van der Waals surface area contributed by atoms with Gasteiger partial charge in [-0.2, -0.15) is 5.26 Å². The van der Waals surface area contributed by atoms with E-state index in [0.717, 1.165) is 0 Å². The predicted octanol–water partition coefficient (Wildman–Crippen LogP) is 2.10. The van der Waals surface area contributed by atoms with E-state index in [4.69, 9.17) is 4.74 Å². The second-order valence-corrected chi connectivity index (χ2v) is 8.60. The Hall–Kier alpha value is -3.87. The summed E-state index contributed by atoms with van der Waals surface area (Å²) < 4.78 is 20.2. The van der Waals surface area contributed by atoms with E-state index in [9.17, 15) is 19.2 Å². The molecule has 1 aliphatic carbocycles. The van der Waals surface area contributed by atoms with Crippen molar-refractivity contribution in [2.45, 2.75) is 19.1 Å². The summed E-state index contributed by atoms with van der Waals surface area (Å²) in [6, 6.07) is 10.6. The highest BCUT2D eigenvalue weighted by Crippen LogP contribution is 2.49. The number of fused-ring (bicyclic) bond motifs is 1. The van der Waals surface area contributed by atoms with E-state index in [1.165, 1.54) is 17.9 Å². The molecule has 2 aliphatic heterocycles. The summed E-state index contributed by atoms with van der Waals surface area (Å²) in [6.45, 7) is 3.27. The number of nitrogens with one attached hydrogen (secondary N) is 2. The smallest absolute Gasteiger partial charge is 0.414 e. The number of nitriles is 1. The number of pyridine rings is 1. The Balaban J connectivity index is 1.20. The molecule has 0 bridgehead atoms. The summed E-state index contributed by atoms with van der Waals surface area (Å²) in [5, 5.41) is 15.2. The standard InChI is InChI=1S/C23H23FN6O3/c1-13(31)27-9-16-10-30(23(32)33-16)15-4-5-20(19(24)7-15)29-11-17-18(12-29)21(17)28-22-14(8-25)3-2-6-26-22/h2-7,16-18,21H,9-12H2,1H3,(H,26,28)(H,27,31)/t16-,17?,18?,21?/m0/s1. The minimum Gasteiger partial charge on any atom is -0.442 e. The van der Waals surface area contributed by atoms with Gasteiger partial charge in [-0.3, -0.25) is 9.69 Å². The monoisotopic (exact) mass is 450 g/mol. The Labute approximate surface area is 190 Å². The second-order valence-electron chi connectivity index (χ2n) is 8.60. The molecule has 3 atom stereocenters. The molecule has 10 heteroatoms. The molecule has 33 heavy (non-hydrogen) atoms. The highest BCUT2D eigenvalue weighted by Gasteiger charge is 2.56. The molecule has 2 amide bonds. The number of ether oxygens (including phenoxy) is 1. The van der Waals surface area contributed by atoms with Crippen molar-refractivity contribution >= 4 is 29.2 Å². The number of anilines is 3. The maximum atomic E-state index is 15.0. The minimum absolute atomic E-state index is 0.202. The van der Waals surface area contributed by atoms with E-state index in [1.54, 1.807) is 30.5 Å². The van der Waals surface area contributed by atoms with Crippen LogP contribution in [0.3, 0.4) is 0 Å². The van der Waals surface area contributed by atoms with Crippen LogP contribution >= 0.6 is 0 Å². The van der Waals surface area contributed by atoms with Crippen molar-refractivity contribution in [1.29, 1.82) is 5.26 Å². The Morgan fingerprint density at radius 2 is 2.09 bits per heavy atom. The van der Waals surface area contributed by atoms with Gasteiger partial charge in [-0.05, 0) is 30.3 Å². The Kier molecular flexibility index (Phi) is 5.24. The lowest BCUT2D eigenvalue weighted by Gasteiger charge is -2.24. The average Bonchev–Trinajstić information content (AvgIpc) is 3.13. The number of rotatable bonds is 6. The molecule has 1 aromatic heterocycles. The summed E-state index contributed by atoms with van der Waals surface area (Å²) in [5.41, 5.74) is 1.44. The number of nitrogens with zero attached hydrogens (tertiary/aromatic N) is 4. The van der Waals surface area contributed by atoms with E-state index < -0.39 is 18.0 Å². The van der Waals surface area contributed by atoms with Crippen LogP contribution in [0, 0.1) is 29.0 Å². The van der Waals surface area contributed by atoms with Crippen molar-refractivity contribution < 1.29 is 18.7 Å². The number of carbonyl (C=O) groups excluding carboxylic acids is 2. The van der Waals surface area contributed by atoms with E-state index in [-0.39, 0.29) is 25.0 Å². The van der Waals surface area contributed by atoms with Crippen LogP contribution in [0.25, 0.3) is 0 Å². The molecule has 3 fully saturated rings. The Bertz CT molecular complexity index is 1140. The highest BCUT2D eigenvalue weighted by atomic mass is 19.1. The summed E-state index contributed by atoms with van der Waals surface area (Å²) in [6.07, 6.45) is 0.628. The van der Waals surface area contributed by atoms with Gasteiger partial charge in [0.15, 0.2) is 0 Å². The maximum Gasteiger partial charge on any atom is 0.414 e. The van der Waals surface area contributed by atoms with Crippen LogP contribution in [0.15, 0.2) is 36.5 Å². The fraction of sp³-hybridized carbons (Fsp3) is 0.391. The van der Waals surface area contributed by atoms with E-state index in [1.807, 2.05) is 4.90 Å². The summed E-state index contributed by atoms with van der Waals surface area (Å²) in [4.78, 5) is 30.9. The third-order valence-corrected chi connectivity index (χ3v) is 6.46. The first-order valence-electron chi connectivity index (χ1n) is 10.8. The van der Waals surface area contributed by atoms with Crippen LogP contribution in [-0.4, -0.2) is 55.3 Å². The van der Waals surface area contributed by atoms with Gasteiger partial charge in [0.2, 0.25) is 5.91 Å². The number of hydrogen-bond acceptors (Lipinski definition) is 7. The van der Waals surface area contributed by atoms with Crippen molar-refractivity contribution in [3.63, 3.8) is 0 Å². The number of benzene rings is 1. The summed E-state index contributed by atoms with van der Waals surface area (Å²) >= 11 is 0. The van der Waals surface area contributed by atoms with Gasteiger partial charge in [0.1, 0.15) is 23.8 Å². The topological polar surface area (TPSA) is 111 Å². The molecule has 0 spiro atoms. The lowest BCUT2D eigenvalue weighted by molar-refractivity contribution is -0.119. The number of cyclic esters (lactones) is 1. The molecule has 1 aromatic carbocycles. The largest absolute Gasteiger partial charge is 0.442 e. The van der Waals surface area contributed by atoms with E-state index in [0.29, 0.717) is 47.7 Å². The maximum absolute atomic E-state index is 15.0. The molecule has 1 saturated carbocycles. The van der Waals surface area contributed by atoms with Crippen molar-refractivity contribution in [2.75, 3.05) is 41.3 Å². The predicted molar refractivity (Wildman–Crippen MR) is 118 cm³/mol. The molecule has 9 nitrogen and oxygen atoms in total. The molecular weight excluding hydrogens is 427 g/mol. The van der Waals surface area contributed by atoms with Crippen LogP contribution in [0.5, 0.6) is 0 Å². The number of amides is 2. The molecule has 2 unspecified atom stereocenters. The average molecular weight is 450 g/mol. The molecule has 3 aliphatic rings. The third kappa shape index (κ3) is 4.02. The summed E-state index contributed by atoms with van der Waals surface area (Å²) in [7, 11) is 0. The van der Waals surface area contributed by atoms with Crippen molar-refractivity contribution in [2.24, 2.45) is 11.8 Å². The molecule has 5 rings (SSSR count). The zero-order valence-corrected chi connectivity index (χ0v) is 18.0. The van der Waals surface area contributed by atoms with Gasteiger partial charge in [0, 0.05) is 44.1 Å². The number of hydrogen-bond donors (Lipinski definition) is 2. The van der Waals surface area contributed by atoms with Gasteiger partial charge < -0.3 is 20.3 Å². The van der Waals surface area contributed by atoms with E-state index >= 15 is 0 Å². The fourth-order valence-corrected chi connectivity index (χ4v) is 4.72. The van der Waals surface area contributed by atoms with Crippen LogP contribution in [-0.2, 0) is 9.53 Å². The SMILES string of the molecule is CC(=O)NC[C@H]1CN(c2ccc(N3CC4C(C3)C4Nc3ncccc3C#N)c(F)c2)C(=O)O1. The first-order chi connectivity index (χ1) is 15.9. The lowest BCUT2D eigenvalue weighted by Crippen LogP contribution is -2.33. The van der Waals surface area contributed by atoms with Gasteiger partial charge in [-0.15, -0.1) is 0 Å².